The molecule has 0 unspecified atom stereocenters. The molecule has 0 bridgehead atoms. The molecule has 0 radical (unpaired) electrons. The van der Waals surface area contributed by atoms with Gasteiger partial charge in [0.05, 0.1) is 18.8 Å². The van der Waals surface area contributed by atoms with E-state index in [1.54, 1.807) is 0 Å². The van der Waals surface area contributed by atoms with Gasteiger partial charge in [-0.1, -0.05) is 116 Å². The Kier molecular flexibility index (Phi) is 25.1. The maximum Gasteiger partial charge on any atom is 0.220 e. The highest BCUT2D eigenvalue weighted by Crippen LogP contribution is 2.13. The Balaban J connectivity index is 3.67. The summed E-state index contributed by atoms with van der Waals surface area (Å²) >= 11 is 0. The van der Waals surface area contributed by atoms with Crippen LogP contribution in [0.15, 0.2) is 12.2 Å². The molecule has 0 fully saturated rings. The first-order valence-corrected chi connectivity index (χ1v) is 14.4. The lowest BCUT2D eigenvalue weighted by molar-refractivity contribution is -0.123. The second-order valence-electron chi connectivity index (χ2n) is 9.81. The number of nitrogens with one attached hydrogen (secondary N) is 1. The van der Waals surface area contributed by atoms with Crippen LogP contribution in [0.5, 0.6) is 0 Å². The zero-order chi connectivity index (χ0) is 24.4. The third kappa shape index (κ3) is 22.7. The van der Waals surface area contributed by atoms with Crippen LogP contribution in [0.4, 0.5) is 0 Å². The minimum atomic E-state index is -0.672. The minimum absolute atomic E-state index is 0.0463. The Bertz CT molecular complexity index is 439. The van der Waals surface area contributed by atoms with E-state index in [0.717, 1.165) is 32.1 Å². The zero-order valence-corrected chi connectivity index (χ0v) is 22.2. The van der Waals surface area contributed by atoms with Crippen molar-refractivity contribution in [3.63, 3.8) is 0 Å². The van der Waals surface area contributed by atoms with Crippen molar-refractivity contribution >= 4 is 5.91 Å². The molecule has 4 nitrogen and oxygen atoms in total. The van der Waals surface area contributed by atoms with E-state index >= 15 is 0 Å². The molecule has 2 atom stereocenters. The standard InChI is InChI=1S/C29H57NO3/c1-3-5-7-9-11-13-15-17-19-21-23-25-29(33)30-27(26-31)28(32)24-22-20-18-16-14-12-10-8-6-4-2/h14,16,27-28,31-32H,3-13,15,17-26H2,1-2H3,(H,30,33)/b16-14+/t27-,28+/m0/s1. The fourth-order valence-electron chi connectivity index (χ4n) is 4.23. The van der Waals surface area contributed by atoms with E-state index in [-0.39, 0.29) is 12.5 Å². The fourth-order valence-corrected chi connectivity index (χ4v) is 4.23. The van der Waals surface area contributed by atoms with Gasteiger partial charge in [0.1, 0.15) is 0 Å². The predicted molar refractivity (Wildman–Crippen MR) is 142 cm³/mol. The number of amides is 1. The number of allylic oxidation sites excluding steroid dienone is 2. The summed E-state index contributed by atoms with van der Waals surface area (Å²) in [5.41, 5.74) is 0. The van der Waals surface area contributed by atoms with E-state index in [1.807, 2.05) is 0 Å². The van der Waals surface area contributed by atoms with E-state index < -0.39 is 12.1 Å². The molecular formula is C29H57NO3. The number of unbranched alkanes of at least 4 members (excludes halogenated alkanes) is 16. The molecule has 0 aliphatic heterocycles. The highest BCUT2D eigenvalue weighted by Gasteiger charge is 2.19. The number of aliphatic hydroxyl groups excluding tert-OH is 2. The Morgan fingerprint density at radius 2 is 1.15 bits per heavy atom. The molecule has 33 heavy (non-hydrogen) atoms. The van der Waals surface area contributed by atoms with Gasteiger partial charge < -0.3 is 15.5 Å². The lowest BCUT2D eigenvalue weighted by atomic mass is 10.0. The maximum absolute atomic E-state index is 12.2. The molecule has 0 heterocycles. The van der Waals surface area contributed by atoms with Crippen LogP contribution in [-0.4, -0.2) is 34.9 Å². The summed E-state index contributed by atoms with van der Waals surface area (Å²) in [7, 11) is 0. The smallest absolute Gasteiger partial charge is 0.220 e. The van der Waals surface area contributed by atoms with E-state index in [2.05, 4.69) is 31.3 Å². The van der Waals surface area contributed by atoms with Crippen LogP contribution in [-0.2, 0) is 4.79 Å². The Labute approximate surface area is 206 Å². The SMILES string of the molecule is CCCCCC/C=C/CCCC[C@@H](O)[C@H](CO)NC(=O)CCCCCCCCCCCCC. The topological polar surface area (TPSA) is 69.6 Å². The molecule has 4 heteroatoms. The Morgan fingerprint density at radius 1 is 0.697 bits per heavy atom. The predicted octanol–water partition coefficient (Wildman–Crippen LogP) is 7.61. The highest BCUT2D eigenvalue weighted by atomic mass is 16.3. The number of hydrogen-bond acceptors (Lipinski definition) is 3. The first-order valence-electron chi connectivity index (χ1n) is 14.4. The van der Waals surface area contributed by atoms with Gasteiger partial charge in [0, 0.05) is 6.42 Å². The summed E-state index contributed by atoms with van der Waals surface area (Å²) < 4.78 is 0. The van der Waals surface area contributed by atoms with Gasteiger partial charge in [0.2, 0.25) is 5.91 Å². The van der Waals surface area contributed by atoms with Gasteiger partial charge in [0.15, 0.2) is 0 Å². The number of carbonyl (C=O) groups is 1. The van der Waals surface area contributed by atoms with Crippen molar-refractivity contribution in [2.24, 2.45) is 0 Å². The molecule has 0 aliphatic rings. The number of carbonyl (C=O) groups excluding carboxylic acids is 1. The van der Waals surface area contributed by atoms with Gasteiger partial charge in [-0.05, 0) is 38.5 Å². The summed E-state index contributed by atoms with van der Waals surface area (Å²) in [6, 6.07) is -0.542. The summed E-state index contributed by atoms with van der Waals surface area (Å²) in [6.07, 6.45) is 28.2. The summed E-state index contributed by atoms with van der Waals surface area (Å²) in [5.74, 6) is -0.0463. The van der Waals surface area contributed by atoms with Gasteiger partial charge in [-0.2, -0.15) is 0 Å². The molecule has 0 aromatic carbocycles. The molecule has 0 aromatic rings. The third-order valence-corrected chi connectivity index (χ3v) is 6.53. The molecule has 0 spiro atoms. The van der Waals surface area contributed by atoms with Crippen LogP contribution in [0, 0.1) is 0 Å². The quantitative estimate of drug-likeness (QED) is 0.0955. The molecule has 1 amide bonds. The maximum atomic E-state index is 12.2. The highest BCUT2D eigenvalue weighted by molar-refractivity contribution is 5.76. The normalized spacial score (nSPS) is 13.5. The third-order valence-electron chi connectivity index (χ3n) is 6.53. The fraction of sp³-hybridized carbons (Fsp3) is 0.897. The van der Waals surface area contributed by atoms with E-state index in [0.29, 0.717) is 12.8 Å². The lowest BCUT2D eigenvalue weighted by Gasteiger charge is -2.22. The number of rotatable bonds is 25. The average molecular weight is 468 g/mol. The van der Waals surface area contributed by atoms with Gasteiger partial charge in [-0.15, -0.1) is 0 Å². The molecule has 0 saturated heterocycles. The van der Waals surface area contributed by atoms with Crippen LogP contribution in [0.2, 0.25) is 0 Å². The van der Waals surface area contributed by atoms with Crippen LogP contribution < -0.4 is 5.32 Å². The van der Waals surface area contributed by atoms with Gasteiger partial charge in [-0.3, -0.25) is 4.79 Å². The summed E-state index contributed by atoms with van der Waals surface area (Å²) in [6.45, 7) is 4.28. The van der Waals surface area contributed by atoms with Crippen molar-refractivity contribution in [1.29, 1.82) is 0 Å². The van der Waals surface area contributed by atoms with Crippen LogP contribution in [0.25, 0.3) is 0 Å². The summed E-state index contributed by atoms with van der Waals surface area (Å²) in [4.78, 5) is 12.2. The van der Waals surface area contributed by atoms with Crippen molar-refractivity contribution in [3.8, 4) is 0 Å². The second kappa shape index (κ2) is 25.7. The lowest BCUT2D eigenvalue weighted by Crippen LogP contribution is -2.45. The van der Waals surface area contributed by atoms with Crippen molar-refractivity contribution in [2.75, 3.05) is 6.61 Å². The first kappa shape index (κ1) is 32.1. The van der Waals surface area contributed by atoms with E-state index in [1.165, 1.54) is 89.9 Å². The largest absolute Gasteiger partial charge is 0.394 e. The molecular weight excluding hydrogens is 410 g/mol. The minimum Gasteiger partial charge on any atom is -0.394 e. The van der Waals surface area contributed by atoms with Gasteiger partial charge in [-0.25, -0.2) is 0 Å². The first-order chi connectivity index (χ1) is 16.2. The molecule has 3 N–H and O–H groups in total. The number of aliphatic hydroxyl groups is 2. The Morgan fingerprint density at radius 3 is 1.67 bits per heavy atom. The van der Waals surface area contributed by atoms with Gasteiger partial charge in [0.25, 0.3) is 0 Å². The van der Waals surface area contributed by atoms with E-state index in [9.17, 15) is 15.0 Å². The van der Waals surface area contributed by atoms with Crippen molar-refractivity contribution in [1.82, 2.24) is 5.32 Å². The van der Waals surface area contributed by atoms with Crippen molar-refractivity contribution < 1.29 is 15.0 Å². The van der Waals surface area contributed by atoms with Crippen molar-refractivity contribution in [2.45, 2.75) is 161 Å². The second-order valence-corrected chi connectivity index (χ2v) is 9.81. The summed E-state index contributed by atoms with van der Waals surface area (Å²) in [5, 5.41) is 22.8. The average Bonchev–Trinajstić information content (AvgIpc) is 2.82. The molecule has 0 aromatic heterocycles. The Hall–Kier alpha value is -0.870. The van der Waals surface area contributed by atoms with E-state index in [4.69, 9.17) is 0 Å². The van der Waals surface area contributed by atoms with Crippen LogP contribution >= 0.6 is 0 Å². The molecule has 0 rings (SSSR count). The monoisotopic (exact) mass is 467 g/mol. The van der Waals surface area contributed by atoms with Crippen LogP contribution in [0.1, 0.15) is 149 Å². The molecule has 196 valence electrons. The van der Waals surface area contributed by atoms with Crippen LogP contribution in [0.3, 0.4) is 0 Å². The molecule has 0 aliphatic carbocycles. The van der Waals surface area contributed by atoms with Gasteiger partial charge >= 0.3 is 0 Å². The number of hydrogen-bond donors (Lipinski definition) is 3. The van der Waals surface area contributed by atoms with Crippen molar-refractivity contribution in [3.05, 3.63) is 12.2 Å². The zero-order valence-electron chi connectivity index (χ0n) is 22.2. The molecule has 0 saturated carbocycles.